The molecule has 1 saturated heterocycles. The summed E-state index contributed by atoms with van der Waals surface area (Å²) in [4.78, 5) is 24.4. The second-order valence-electron chi connectivity index (χ2n) is 7.07. The molecule has 1 aliphatic rings. The maximum absolute atomic E-state index is 12.4. The number of benzene rings is 2. The molecule has 154 valence electrons. The third-order valence-electron chi connectivity index (χ3n) is 4.97. The topological polar surface area (TPSA) is 70.7 Å². The molecule has 1 atom stereocenters. The van der Waals surface area contributed by atoms with Crippen molar-refractivity contribution >= 4 is 29.3 Å². The second-order valence-corrected chi connectivity index (χ2v) is 7.47. The Hall–Kier alpha value is -2.57. The van der Waals surface area contributed by atoms with Gasteiger partial charge >= 0.3 is 6.09 Å². The summed E-state index contributed by atoms with van der Waals surface area (Å²) >= 11 is 6.12. The Morgan fingerprint density at radius 3 is 2.66 bits per heavy atom. The maximum Gasteiger partial charge on any atom is 0.411 e. The first-order valence-corrected chi connectivity index (χ1v) is 10.2. The molecule has 0 aromatic heterocycles. The van der Waals surface area contributed by atoms with Crippen LogP contribution in [0.15, 0.2) is 48.5 Å². The van der Waals surface area contributed by atoms with Crippen LogP contribution in [-0.2, 0) is 22.4 Å². The van der Waals surface area contributed by atoms with Crippen LogP contribution in [0, 0.1) is 0 Å². The summed E-state index contributed by atoms with van der Waals surface area (Å²) in [5.74, 6) is -0.134. The zero-order chi connectivity index (χ0) is 20.6. The quantitative estimate of drug-likeness (QED) is 0.711. The van der Waals surface area contributed by atoms with Gasteiger partial charge in [0.15, 0.2) is 0 Å². The molecule has 0 radical (unpaired) electrons. The number of halogens is 1. The SMILES string of the molecule is CCc1ccc(NC(=O)OC[C@@H]2CCCN2NC(=O)Cc2ccccc2Cl)cc1. The molecule has 0 aliphatic carbocycles. The molecule has 2 N–H and O–H groups in total. The lowest BCUT2D eigenvalue weighted by Gasteiger charge is -2.24. The predicted molar refractivity (Wildman–Crippen MR) is 114 cm³/mol. The first-order chi connectivity index (χ1) is 14.0. The van der Waals surface area contributed by atoms with Crippen molar-refractivity contribution in [2.75, 3.05) is 18.5 Å². The van der Waals surface area contributed by atoms with Gasteiger partial charge in [-0.15, -0.1) is 0 Å². The summed E-state index contributed by atoms with van der Waals surface area (Å²) < 4.78 is 5.37. The fourth-order valence-corrected chi connectivity index (χ4v) is 3.52. The number of ether oxygens (including phenoxy) is 1. The summed E-state index contributed by atoms with van der Waals surface area (Å²) in [6, 6.07) is 14.9. The van der Waals surface area contributed by atoms with E-state index in [1.807, 2.05) is 47.5 Å². The molecule has 0 unspecified atom stereocenters. The lowest BCUT2D eigenvalue weighted by atomic mass is 10.1. The Bertz CT molecular complexity index is 841. The van der Waals surface area contributed by atoms with Crippen LogP contribution >= 0.6 is 11.6 Å². The fourth-order valence-electron chi connectivity index (χ4n) is 3.32. The standard InChI is InChI=1S/C22H26ClN3O3/c1-2-16-9-11-18(12-10-16)24-22(28)29-15-19-7-5-13-26(19)25-21(27)14-17-6-3-4-8-20(17)23/h3-4,6,8-12,19H,2,5,7,13-15H2,1H3,(H,24,28)(H,25,27)/t19-/m0/s1. The Morgan fingerprint density at radius 1 is 1.17 bits per heavy atom. The van der Waals surface area contributed by atoms with Crippen LogP contribution < -0.4 is 10.7 Å². The number of amides is 2. The molecule has 0 bridgehead atoms. The summed E-state index contributed by atoms with van der Waals surface area (Å²) in [6.07, 6.45) is 2.44. The predicted octanol–water partition coefficient (Wildman–Crippen LogP) is 4.19. The highest BCUT2D eigenvalue weighted by atomic mass is 35.5. The molecular formula is C22H26ClN3O3. The number of nitrogens with zero attached hydrogens (tertiary/aromatic N) is 1. The normalized spacial score (nSPS) is 16.4. The van der Waals surface area contributed by atoms with Gasteiger partial charge in [-0.25, -0.2) is 9.80 Å². The van der Waals surface area contributed by atoms with Gasteiger partial charge in [0, 0.05) is 17.3 Å². The van der Waals surface area contributed by atoms with E-state index < -0.39 is 6.09 Å². The zero-order valence-corrected chi connectivity index (χ0v) is 17.2. The molecule has 0 spiro atoms. The minimum Gasteiger partial charge on any atom is -0.448 e. The van der Waals surface area contributed by atoms with E-state index in [2.05, 4.69) is 17.7 Å². The van der Waals surface area contributed by atoms with Crippen LogP contribution in [0.5, 0.6) is 0 Å². The molecule has 1 fully saturated rings. The van der Waals surface area contributed by atoms with E-state index in [1.165, 1.54) is 5.56 Å². The summed E-state index contributed by atoms with van der Waals surface area (Å²) in [5, 5.41) is 5.16. The van der Waals surface area contributed by atoms with Crippen molar-refractivity contribution in [2.45, 2.75) is 38.6 Å². The van der Waals surface area contributed by atoms with Gasteiger partial charge in [0.25, 0.3) is 0 Å². The van der Waals surface area contributed by atoms with Crippen LogP contribution in [0.4, 0.5) is 10.5 Å². The van der Waals surface area contributed by atoms with Crippen molar-refractivity contribution in [3.63, 3.8) is 0 Å². The number of anilines is 1. The van der Waals surface area contributed by atoms with Crippen molar-refractivity contribution in [3.8, 4) is 0 Å². The lowest BCUT2D eigenvalue weighted by Crippen LogP contribution is -2.47. The van der Waals surface area contributed by atoms with Crippen LogP contribution in [0.1, 0.15) is 30.9 Å². The van der Waals surface area contributed by atoms with Crippen molar-refractivity contribution in [3.05, 3.63) is 64.7 Å². The average Bonchev–Trinajstić information content (AvgIpc) is 3.15. The van der Waals surface area contributed by atoms with Crippen LogP contribution in [0.25, 0.3) is 0 Å². The van der Waals surface area contributed by atoms with Crippen molar-refractivity contribution in [1.82, 2.24) is 10.4 Å². The second kappa shape index (κ2) is 10.3. The molecule has 29 heavy (non-hydrogen) atoms. The molecule has 1 aliphatic heterocycles. The van der Waals surface area contributed by atoms with Crippen molar-refractivity contribution in [1.29, 1.82) is 0 Å². The maximum atomic E-state index is 12.4. The van der Waals surface area contributed by atoms with E-state index in [0.29, 0.717) is 10.7 Å². The van der Waals surface area contributed by atoms with E-state index in [9.17, 15) is 9.59 Å². The van der Waals surface area contributed by atoms with Gasteiger partial charge in [-0.3, -0.25) is 15.5 Å². The summed E-state index contributed by atoms with van der Waals surface area (Å²) in [5.41, 5.74) is 5.60. The van der Waals surface area contributed by atoms with Crippen molar-refractivity contribution < 1.29 is 14.3 Å². The first-order valence-electron chi connectivity index (χ1n) is 9.87. The number of hydrazine groups is 1. The van der Waals surface area contributed by atoms with E-state index in [0.717, 1.165) is 31.4 Å². The minimum atomic E-state index is -0.497. The monoisotopic (exact) mass is 415 g/mol. The highest BCUT2D eigenvalue weighted by Crippen LogP contribution is 2.18. The fraction of sp³-hybridized carbons (Fsp3) is 0.364. The lowest BCUT2D eigenvalue weighted by molar-refractivity contribution is -0.125. The molecule has 6 nitrogen and oxygen atoms in total. The van der Waals surface area contributed by atoms with Crippen LogP contribution in [0.3, 0.4) is 0 Å². The number of hydrogen-bond donors (Lipinski definition) is 2. The van der Waals surface area contributed by atoms with Gasteiger partial charge < -0.3 is 4.74 Å². The van der Waals surface area contributed by atoms with E-state index in [1.54, 1.807) is 6.07 Å². The Balaban J connectivity index is 1.45. The molecular weight excluding hydrogens is 390 g/mol. The van der Waals surface area contributed by atoms with Gasteiger partial charge in [0.05, 0.1) is 12.5 Å². The van der Waals surface area contributed by atoms with Gasteiger partial charge in [-0.05, 0) is 48.6 Å². The number of rotatable bonds is 7. The van der Waals surface area contributed by atoms with Gasteiger partial charge in [0.1, 0.15) is 6.61 Å². The molecule has 7 heteroatoms. The average molecular weight is 416 g/mol. The number of carbonyl (C=O) groups is 2. The highest BCUT2D eigenvalue weighted by molar-refractivity contribution is 6.31. The molecule has 2 amide bonds. The molecule has 3 rings (SSSR count). The minimum absolute atomic E-state index is 0.0431. The zero-order valence-electron chi connectivity index (χ0n) is 16.5. The number of carbonyl (C=O) groups excluding carboxylic acids is 2. The largest absolute Gasteiger partial charge is 0.448 e. The van der Waals surface area contributed by atoms with Crippen molar-refractivity contribution in [2.24, 2.45) is 0 Å². The van der Waals surface area contributed by atoms with Crippen LogP contribution in [0.2, 0.25) is 5.02 Å². The van der Waals surface area contributed by atoms with Crippen LogP contribution in [-0.4, -0.2) is 36.2 Å². The molecule has 0 saturated carbocycles. The first kappa shape index (κ1) is 21.1. The number of hydrogen-bond acceptors (Lipinski definition) is 4. The Kier molecular flexibility index (Phi) is 7.49. The number of aryl methyl sites for hydroxylation is 1. The summed E-state index contributed by atoms with van der Waals surface area (Å²) in [6.45, 7) is 3.02. The van der Waals surface area contributed by atoms with Gasteiger partial charge in [-0.1, -0.05) is 48.9 Å². The Labute approximate surface area is 176 Å². The third-order valence-corrected chi connectivity index (χ3v) is 5.34. The van der Waals surface area contributed by atoms with E-state index >= 15 is 0 Å². The van der Waals surface area contributed by atoms with E-state index in [-0.39, 0.29) is 25.0 Å². The highest BCUT2D eigenvalue weighted by Gasteiger charge is 2.27. The van der Waals surface area contributed by atoms with E-state index in [4.69, 9.17) is 16.3 Å². The number of nitrogens with one attached hydrogen (secondary N) is 2. The van der Waals surface area contributed by atoms with Gasteiger partial charge in [-0.2, -0.15) is 0 Å². The molecule has 1 heterocycles. The summed E-state index contributed by atoms with van der Waals surface area (Å²) in [7, 11) is 0. The molecule has 2 aromatic carbocycles. The third kappa shape index (κ3) is 6.21. The Morgan fingerprint density at radius 2 is 1.93 bits per heavy atom. The van der Waals surface area contributed by atoms with Gasteiger partial charge in [0.2, 0.25) is 5.91 Å². The smallest absolute Gasteiger partial charge is 0.411 e. The molecule has 2 aromatic rings.